The lowest BCUT2D eigenvalue weighted by Crippen LogP contribution is -2.28. The molecule has 2 unspecified atom stereocenters. The van der Waals surface area contributed by atoms with Crippen LogP contribution in [0.4, 0.5) is 0 Å². The van der Waals surface area contributed by atoms with Crippen molar-refractivity contribution in [3.05, 3.63) is 46.5 Å². The molecule has 2 rings (SSSR count). The lowest BCUT2D eigenvalue weighted by Gasteiger charge is -2.18. The number of thiophene rings is 1. The summed E-state index contributed by atoms with van der Waals surface area (Å²) >= 11 is 1.81. The minimum atomic E-state index is 0.432. The lowest BCUT2D eigenvalue weighted by molar-refractivity contribution is 0.433. The molecule has 1 N–H and O–H groups in total. The molecule has 0 aliphatic heterocycles. The van der Waals surface area contributed by atoms with Gasteiger partial charge in [-0.1, -0.05) is 6.07 Å². The Kier molecular flexibility index (Phi) is 4.40. The SMILES string of the molecule is CC(CCc1ccco1)NC(C)c1cccs1. The number of hydrogen-bond acceptors (Lipinski definition) is 3. The number of hydrogen-bond donors (Lipinski definition) is 1. The van der Waals surface area contributed by atoms with Crippen molar-refractivity contribution in [3.63, 3.8) is 0 Å². The second-order valence-corrected chi connectivity index (χ2v) is 5.40. The summed E-state index contributed by atoms with van der Waals surface area (Å²) in [4.78, 5) is 1.40. The van der Waals surface area contributed by atoms with Crippen LogP contribution in [0.3, 0.4) is 0 Å². The van der Waals surface area contributed by atoms with Gasteiger partial charge in [0.2, 0.25) is 0 Å². The molecule has 0 saturated carbocycles. The first-order valence-corrected chi connectivity index (χ1v) is 6.95. The van der Waals surface area contributed by atoms with Gasteiger partial charge in [0.05, 0.1) is 6.26 Å². The molecule has 17 heavy (non-hydrogen) atoms. The van der Waals surface area contributed by atoms with Crippen molar-refractivity contribution in [2.75, 3.05) is 0 Å². The highest BCUT2D eigenvalue weighted by Gasteiger charge is 2.10. The number of aryl methyl sites for hydroxylation is 1. The maximum absolute atomic E-state index is 5.34. The van der Waals surface area contributed by atoms with Gasteiger partial charge in [-0.25, -0.2) is 0 Å². The zero-order valence-electron chi connectivity index (χ0n) is 10.3. The minimum Gasteiger partial charge on any atom is -0.469 e. The molecule has 0 aromatic carbocycles. The predicted molar refractivity (Wildman–Crippen MR) is 72.4 cm³/mol. The molecule has 2 nitrogen and oxygen atoms in total. The van der Waals surface area contributed by atoms with Crippen molar-refractivity contribution in [1.29, 1.82) is 0 Å². The molecule has 2 aromatic heterocycles. The zero-order valence-corrected chi connectivity index (χ0v) is 11.2. The first-order valence-electron chi connectivity index (χ1n) is 6.07. The largest absolute Gasteiger partial charge is 0.469 e. The van der Waals surface area contributed by atoms with Gasteiger partial charge in [0, 0.05) is 23.4 Å². The van der Waals surface area contributed by atoms with Gasteiger partial charge in [0.15, 0.2) is 0 Å². The van der Waals surface area contributed by atoms with Gasteiger partial charge in [-0.15, -0.1) is 11.3 Å². The summed E-state index contributed by atoms with van der Waals surface area (Å²) in [6.45, 7) is 4.45. The van der Waals surface area contributed by atoms with E-state index in [1.54, 1.807) is 6.26 Å². The van der Waals surface area contributed by atoms with E-state index in [0.717, 1.165) is 18.6 Å². The highest BCUT2D eigenvalue weighted by molar-refractivity contribution is 7.10. The van der Waals surface area contributed by atoms with E-state index >= 15 is 0 Å². The van der Waals surface area contributed by atoms with Gasteiger partial charge < -0.3 is 9.73 Å². The van der Waals surface area contributed by atoms with E-state index in [4.69, 9.17) is 4.42 Å². The Labute approximate surface area is 107 Å². The van der Waals surface area contributed by atoms with E-state index in [-0.39, 0.29) is 0 Å². The van der Waals surface area contributed by atoms with Crippen LogP contribution in [0.15, 0.2) is 40.3 Å². The highest BCUT2D eigenvalue weighted by Crippen LogP contribution is 2.19. The summed E-state index contributed by atoms with van der Waals surface area (Å²) in [5.74, 6) is 1.07. The highest BCUT2D eigenvalue weighted by atomic mass is 32.1. The normalized spacial score (nSPS) is 14.7. The summed E-state index contributed by atoms with van der Waals surface area (Å²) < 4.78 is 5.34. The molecule has 0 aliphatic rings. The van der Waals surface area contributed by atoms with Crippen LogP contribution in [0.25, 0.3) is 0 Å². The van der Waals surface area contributed by atoms with Gasteiger partial charge in [0.1, 0.15) is 5.76 Å². The molecule has 0 radical (unpaired) electrons. The first kappa shape index (κ1) is 12.4. The fourth-order valence-electron chi connectivity index (χ4n) is 1.94. The molecule has 3 heteroatoms. The third kappa shape index (κ3) is 3.72. The van der Waals surface area contributed by atoms with Gasteiger partial charge in [-0.05, 0) is 43.8 Å². The van der Waals surface area contributed by atoms with Crippen LogP contribution in [0.2, 0.25) is 0 Å². The maximum atomic E-state index is 5.34. The zero-order chi connectivity index (χ0) is 12.1. The predicted octanol–water partition coefficient (Wildman–Crippen LogP) is 4.01. The summed E-state index contributed by atoms with van der Waals surface area (Å²) in [6, 6.07) is 9.20. The molecule has 0 spiro atoms. The van der Waals surface area contributed by atoms with E-state index in [9.17, 15) is 0 Å². The van der Waals surface area contributed by atoms with Crippen molar-refractivity contribution in [2.24, 2.45) is 0 Å². The van der Waals surface area contributed by atoms with E-state index in [1.165, 1.54) is 4.88 Å². The molecule has 2 aromatic rings. The molecule has 0 saturated heterocycles. The van der Waals surface area contributed by atoms with Crippen LogP contribution in [0.5, 0.6) is 0 Å². The van der Waals surface area contributed by atoms with Crippen molar-refractivity contribution >= 4 is 11.3 Å². The van der Waals surface area contributed by atoms with Crippen LogP contribution < -0.4 is 5.32 Å². The Balaban J connectivity index is 1.75. The molecule has 0 aliphatic carbocycles. The Hall–Kier alpha value is -1.06. The second-order valence-electron chi connectivity index (χ2n) is 4.42. The van der Waals surface area contributed by atoms with Crippen molar-refractivity contribution in [2.45, 2.75) is 38.8 Å². The Morgan fingerprint density at radius 1 is 1.29 bits per heavy atom. The molecular formula is C14H19NOS. The van der Waals surface area contributed by atoms with Crippen molar-refractivity contribution < 1.29 is 4.42 Å². The monoisotopic (exact) mass is 249 g/mol. The molecule has 2 heterocycles. The number of nitrogens with one attached hydrogen (secondary N) is 1. The second kappa shape index (κ2) is 6.03. The molecule has 92 valence electrons. The summed E-state index contributed by atoms with van der Waals surface area (Å²) in [6.07, 6.45) is 3.84. The van der Waals surface area contributed by atoms with Gasteiger partial charge >= 0.3 is 0 Å². The Morgan fingerprint density at radius 3 is 2.82 bits per heavy atom. The standard InChI is InChI=1S/C14H19NOS/c1-11(7-8-13-5-3-9-16-13)15-12(2)14-6-4-10-17-14/h3-6,9-12,15H,7-8H2,1-2H3. The topological polar surface area (TPSA) is 25.2 Å². The van der Waals surface area contributed by atoms with Gasteiger partial charge in [-0.2, -0.15) is 0 Å². The molecular weight excluding hydrogens is 230 g/mol. The van der Waals surface area contributed by atoms with Crippen LogP contribution in [0.1, 0.15) is 36.9 Å². The number of furan rings is 1. The van der Waals surface area contributed by atoms with Gasteiger partial charge in [0.25, 0.3) is 0 Å². The minimum absolute atomic E-state index is 0.432. The van der Waals surface area contributed by atoms with Crippen molar-refractivity contribution in [3.8, 4) is 0 Å². The van der Waals surface area contributed by atoms with Crippen LogP contribution in [0, 0.1) is 0 Å². The molecule has 0 amide bonds. The lowest BCUT2D eigenvalue weighted by atomic mass is 10.1. The van der Waals surface area contributed by atoms with E-state index in [2.05, 4.69) is 36.7 Å². The molecule has 0 fully saturated rings. The average Bonchev–Trinajstić information content (AvgIpc) is 2.99. The smallest absolute Gasteiger partial charge is 0.103 e. The molecule has 0 bridgehead atoms. The third-order valence-electron chi connectivity index (χ3n) is 2.91. The van der Waals surface area contributed by atoms with E-state index in [0.29, 0.717) is 12.1 Å². The van der Waals surface area contributed by atoms with Gasteiger partial charge in [-0.3, -0.25) is 0 Å². The molecule has 2 atom stereocenters. The van der Waals surface area contributed by atoms with E-state index < -0.39 is 0 Å². The van der Waals surface area contributed by atoms with E-state index in [1.807, 2.05) is 23.5 Å². The quantitative estimate of drug-likeness (QED) is 0.836. The van der Waals surface area contributed by atoms with Crippen LogP contribution in [-0.2, 0) is 6.42 Å². The summed E-state index contributed by atoms with van der Waals surface area (Å²) in [5, 5.41) is 5.74. The Bertz CT molecular complexity index is 407. The number of rotatable bonds is 6. The maximum Gasteiger partial charge on any atom is 0.103 e. The Morgan fingerprint density at radius 2 is 2.18 bits per heavy atom. The summed E-state index contributed by atoms with van der Waals surface area (Å²) in [7, 11) is 0. The van der Waals surface area contributed by atoms with Crippen LogP contribution >= 0.6 is 11.3 Å². The fraction of sp³-hybridized carbons (Fsp3) is 0.429. The third-order valence-corrected chi connectivity index (χ3v) is 3.96. The van der Waals surface area contributed by atoms with Crippen LogP contribution in [-0.4, -0.2) is 6.04 Å². The first-order chi connectivity index (χ1) is 8.25. The fourth-order valence-corrected chi connectivity index (χ4v) is 2.69. The average molecular weight is 249 g/mol. The van der Waals surface area contributed by atoms with Crippen molar-refractivity contribution in [1.82, 2.24) is 5.32 Å². The summed E-state index contributed by atoms with van der Waals surface area (Å²) in [5.41, 5.74) is 0.